The molecule has 0 unspecified atom stereocenters. The Morgan fingerprint density at radius 3 is 2.31 bits per heavy atom. The average Bonchev–Trinajstić information content (AvgIpc) is 2.97. The van der Waals surface area contributed by atoms with Gasteiger partial charge in [0.05, 0.1) is 29.0 Å². The molecule has 5 rings (SSSR count). The fourth-order valence-electron chi connectivity index (χ4n) is 4.61. The Morgan fingerprint density at radius 1 is 0.872 bits per heavy atom. The molecule has 2 heterocycles. The number of hydrogen-bond donors (Lipinski definition) is 1. The van der Waals surface area contributed by atoms with Gasteiger partial charge in [0.25, 0.3) is 5.91 Å². The number of pyridine rings is 1. The van der Waals surface area contributed by atoms with E-state index in [1.165, 1.54) is 0 Å². The lowest BCUT2D eigenvalue weighted by molar-refractivity contribution is 0.0671. The highest BCUT2D eigenvalue weighted by Crippen LogP contribution is 2.25. The first-order valence-electron chi connectivity index (χ1n) is 12.5. The second-order valence-electron chi connectivity index (χ2n) is 9.20. The number of sulfone groups is 1. The zero-order valence-corrected chi connectivity index (χ0v) is 22.2. The number of nitrogens with zero attached hydrogens (tertiary/aromatic N) is 3. The molecule has 1 saturated heterocycles. The molecule has 0 spiro atoms. The summed E-state index contributed by atoms with van der Waals surface area (Å²) < 4.78 is 31.6. The van der Waals surface area contributed by atoms with Gasteiger partial charge in [-0.1, -0.05) is 42.5 Å². The molecule has 1 aliphatic heterocycles. The van der Waals surface area contributed by atoms with Crippen LogP contribution in [0.15, 0.2) is 90.0 Å². The van der Waals surface area contributed by atoms with Crippen LogP contribution in [0.25, 0.3) is 10.9 Å². The summed E-state index contributed by atoms with van der Waals surface area (Å²) in [5.41, 5.74) is 2.08. The summed E-state index contributed by atoms with van der Waals surface area (Å²) in [6.45, 7) is 1.56. The number of fused-ring (bicyclic) bond motifs is 1. The molecule has 10 heteroatoms. The highest BCUT2D eigenvalue weighted by molar-refractivity contribution is 7.90. The van der Waals surface area contributed by atoms with Crippen LogP contribution in [-0.2, 0) is 15.6 Å². The van der Waals surface area contributed by atoms with E-state index >= 15 is 0 Å². The standard InChI is InChI=1S/C29H28N4O5S/c1-38-25-9-3-2-8-24(25)31-29(35)33-18-16-32(17-19-33)28(34)23-13-11-21(12-14-23)20-39(36,37)26-10-4-6-22-7-5-15-30-27(22)26/h2-15H,16-20H2,1H3,(H,31,35). The minimum Gasteiger partial charge on any atom is -0.495 e. The molecule has 3 aromatic carbocycles. The van der Waals surface area contributed by atoms with Gasteiger partial charge in [-0.05, 0) is 42.0 Å². The molecule has 200 valence electrons. The predicted octanol–water partition coefficient (Wildman–Crippen LogP) is 4.21. The van der Waals surface area contributed by atoms with E-state index in [9.17, 15) is 18.0 Å². The lowest BCUT2D eigenvalue weighted by Crippen LogP contribution is -2.51. The lowest BCUT2D eigenvalue weighted by atomic mass is 10.1. The van der Waals surface area contributed by atoms with Crippen LogP contribution in [-0.4, -0.2) is 68.4 Å². The van der Waals surface area contributed by atoms with Crippen LogP contribution in [0, 0.1) is 0 Å². The van der Waals surface area contributed by atoms with Crippen LogP contribution >= 0.6 is 0 Å². The third-order valence-electron chi connectivity index (χ3n) is 6.69. The van der Waals surface area contributed by atoms with Gasteiger partial charge in [-0.25, -0.2) is 13.2 Å². The number of carbonyl (C=O) groups excluding carboxylic acids is 2. The van der Waals surface area contributed by atoms with Gasteiger partial charge < -0.3 is 19.9 Å². The fraction of sp³-hybridized carbons (Fsp3) is 0.207. The number of amides is 3. The van der Waals surface area contributed by atoms with E-state index in [2.05, 4.69) is 10.3 Å². The number of carbonyl (C=O) groups is 2. The van der Waals surface area contributed by atoms with Gasteiger partial charge in [0.2, 0.25) is 0 Å². The van der Waals surface area contributed by atoms with E-state index in [1.807, 2.05) is 24.3 Å². The van der Waals surface area contributed by atoms with Crippen LogP contribution in [0.5, 0.6) is 5.75 Å². The molecule has 0 bridgehead atoms. The summed E-state index contributed by atoms with van der Waals surface area (Å²) in [6.07, 6.45) is 1.58. The van der Waals surface area contributed by atoms with E-state index in [0.717, 1.165) is 5.39 Å². The quantitative estimate of drug-likeness (QED) is 0.390. The highest BCUT2D eigenvalue weighted by atomic mass is 32.2. The number of para-hydroxylation sites is 3. The van der Waals surface area contributed by atoms with Crippen LogP contribution in [0.4, 0.5) is 10.5 Å². The normalized spacial score (nSPS) is 13.8. The van der Waals surface area contributed by atoms with Gasteiger partial charge in [0, 0.05) is 43.3 Å². The van der Waals surface area contributed by atoms with Crippen molar-refractivity contribution in [3.05, 3.63) is 96.2 Å². The van der Waals surface area contributed by atoms with Crippen molar-refractivity contribution in [1.82, 2.24) is 14.8 Å². The minimum atomic E-state index is -3.64. The maximum absolute atomic E-state index is 13.2. The third kappa shape index (κ3) is 5.70. The second-order valence-corrected chi connectivity index (χ2v) is 11.2. The molecular formula is C29H28N4O5S. The largest absolute Gasteiger partial charge is 0.495 e. The molecular weight excluding hydrogens is 516 g/mol. The Balaban J connectivity index is 1.19. The number of piperazine rings is 1. The molecule has 1 aliphatic rings. The van der Waals surface area contributed by atoms with Crippen molar-refractivity contribution < 1.29 is 22.7 Å². The first kappa shape index (κ1) is 26.2. The van der Waals surface area contributed by atoms with Crippen molar-refractivity contribution in [2.75, 3.05) is 38.6 Å². The van der Waals surface area contributed by atoms with Crippen molar-refractivity contribution in [3.8, 4) is 5.75 Å². The zero-order chi connectivity index (χ0) is 27.4. The number of methoxy groups -OCH3 is 1. The van der Waals surface area contributed by atoms with Gasteiger partial charge in [0.15, 0.2) is 9.84 Å². The van der Waals surface area contributed by atoms with Crippen molar-refractivity contribution in [2.24, 2.45) is 0 Å². The van der Waals surface area contributed by atoms with Gasteiger partial charge in [-0.3, -0.25) is 9.78 Å². The van der Waals surface area contributed by atoms with Gasteiger partial charge in [-0.2, -0.15) is 0 Å². The van der Waals surface area contributed by atoms with Crippen LogP contribution in [0.2, 0.25) is 0 Å². The summed E-state index contributed by atoms with van der Waals surface area (Å²) in [5, 5.41) is 3.62. The van der Waals surface area contributed by atoms with Crippen molar-refractivity contribution in [1.29, 1.82) is 0 Å². The topological polar surface area (TPSA) is 109 Å². The molecule has 3 amide bonds. The van der Waals surface area contributed by atoms with Crippen molar-refractivity contribution in [3.63, 3.8) is 0 Å². The zero-order valence-electron chi connectivity index (χ0n) is 21.4. The number of anilines is 1. The Kier molecular flexibility index (Phi) is 7.47. The number of aromatic nitrogens is 1. The smallest absolute Gasteiger partial charge is 0.322 e. The monoisotopic (exact) mass is 544 g/mol. The summed E-state index contributed by atoms with van der Waals surface area (Å²) in [4.78, 5) is 33.6. The van der Waals surface area contributed by atoms with E-state index in [4.69, 9.17) is 4.74 Å². The Morgan fingerprint density at radius 2 is 1.56 bits per heavy atom. The number of nitrogens with one attached hydrogen (secondary N) is 1. The van der Waals surface area contributed by atoms with Gasteiger partial charge >= 0.3 is 6.03 Å². The molecule has 1 fully saturated rings. The van der Waals surface area contributed by atoms with E-state index in [-0.39, 0.29) is 22.6 Å². The van der Waals surface area contributed by atoms with Crippen molar-refractivity contribution in [2.45, 2.75) is 10.6 Å². The lowest BCUT2D eigenvalue weighted by Gasteiger charge is -2.34. The highest BCUT2D eigenvalue weighted by Gasteiger charge is 2.26. The summed E-state index contributed by atoms with van der Waals surface area (Å²) in [6, 6.07) is 22.3. The first-order chi connectivity index (χ1) is 18.9. The third-order valence-corrected chi connectivity index (χ3v) is 8.40. The van der Waals surface area contributed by atoms with E-state index in [1.54, 1.807) is 77.7 Å². The number of ether oxygens (including phenoxy) is 1. The Bertz CT molecular complexity index is 1610. The van der Waals surface area contributed by atoms with Gasteiger partial charge in [0.1, 0.15) is 5.75 Å². The fourth-order valence-corrected chi connectivity index (χ4v) is 6.14. The Labute approximate surface area is 226 Å². The SMILES string of the molecule is COc1ccccc1NC(=O)N1CCN(C(=O)c2ccc(CS(=O)(=O)c3cccc4cccnc34)cc2)CC1. The number of urea groups is 1. The maximum atomic E-state index is 13.2. The van der Waals surface area contributed by atoms with E-state index in [0.29, 0.717) is 54.3 Å². The molecule has 1 N–H and O–H groups in total. The molecule has 0 saturated carbocycles. The predicted molar refractivity (Wildman–Crippen MR) is 149 cm³/mol. The molecule has 39 heavy (non-hydrogen) atoms. The van der Waals surface area contributed by atoms with E-state index < -0.39 is 9.84 Å². The molecule has 0 radical (unpaired) electrons. The maximum Gasteiger partial charge on any atom is 0.322 e. The summed E-state index contributed by atoms with van der Waals surface area (Å²) in [7, 11) is -2.10. The summed E-state index contributed by atoms with van der Waals surface area (Å²) in [5.74, 6) is 0.217. The Hall–Kier alpha value is -4.44. The molecule has 0 atom stereocenters. The molecule has 0 aliphatic carbocycles. The van der Waals surface area contributed by atoms with Crippen molar-refractivity contribution >= 4 is 38.4 Å². The number of hydrogen-bond acceptors (Lipinski definition) is 6. The molecule has 9 nitrogen and oxygen atoms in total. The summed E-state index contributed by atoms with van der Waals surface area (Å²) >= 11 is 0. The molecule has 1 aromatic heterocycles. The first-order valence-corrected chi connectivity index (χ1v) is 14.1. The van der Waals surface area contributed by atoms with Gasteiger partial charge in [-0.15, -0.1) is 0 Å². The minimum absolute atomic E-state index is 0.160. The molecule has 4 aromatic rings. The van der Waals surface area contributed by atoms with Crippen LogP contribution in [0.1, 0.15) is 15.9 Å². The van der Waals surface area contributed by atoms with Crippen LogP contribution < -0.4 is 10.1 Å². The number of rotatable bonds is 6. The second kappa shape index (κ2) is 11.1. The average molecular weight is 545 g/mol. The van der Waals surface area contributed by atoms with Crippen LogP contribution in [0.3, 0.4) is 0 Å². The number of benzene rings is 3.